The molecule has 0 aromatic heterocycles. The van der Waals surface area contributed by atoms with Gasteiger partial charge in [-0.3, -0.25) is 0 Å². The van der Waals surface area contributed by atoms with Crippen LogP contribution in [0.25, 0.3) is 11.1 Å². The molecule has 1 aliphatic carbocycles. The van der Waals surface area contributed by atoms with E-state index in [1.54, 1.807) is 0 Å². The fourth-order valence-corrected chi connectivity index (χ4v) is 4.09. The quantitative estimate of drug-likeness (QED) is 0.533. The topological polar surface area (TPSA) is 75.6 Å². The van der Waals surface area contributed by atoms with Crippen LogP contribution in [0.3, 0.4) is 0 Å². The molecule has 170 valence electrons. The van der Waals surface area contributed by atoms with E-state index < -0.39 is 29.8 Å². The SMILES string of the molecule is O=C(N[C@@H](Cc1cccc(C(F)(F)F)c1)C(=O)O)OCC1c2ccccc2-c2ccccc21. The van der Waals surface area contributed by atoms with Crippen molar-refractivity contribution in [1.29, 1.82) is 0 Å². The number of nitrogens with one attached hydrogen (secondary N) is 1. The number of amides is 1. The molecular weight excluding hydrogens is 435 g/mol. The Hall–Kier alpha value is -3.81. The molecule has 33 heavy (non-hydrogen) atoms. The van der Waals surface area contributed by atoms with Crippen LogP contribution >= 0.6 is 0 Å². The Morgan fingerprint density at radius 1 is 0.939 bits per heavy atom. The van der Waals surface area contributed by atoms with E-state index in [1.807, 2.05) is 48.5 Å². The molecule has 0 spiro atoms. The first-order valence-corrected chi connectivity index (χ1v) is 10.2. The number of aliphatic carboxylic acids is 1. The zero-order valence-corrected chi connectivity index (χ0v) is 17.3. The van der Waals surface area contributed by atoms with Crippen LogP contribution < -0.4 is 5.32 Å². The minimum Gasteiger partial charge on any atom is -0.480 e. The number of hydrogen-bond acceptors (Lipinski definition) is 3. The Balaban J connectivity index is 1.43. The highest BCUT2D eigenvalue weighted by Crippen LogP contribution is 2.44. The first kappa shape index (κ1) is 22.4. The van der Waals surface area contributed by atoms with E-state index in [1.165, 1.54) is 12.1 Å². The summed E-state index contributed by atoms with van der Waals surface area (Å²) < 4.78 is 44.1. The number of carbonyl (C=O) groups excluding carboxylic acids is 1. The van der Waals surface area contributed by atoms with Crippen molar-refractivity contribution < 1.29 is 32.6 Å². The standard InChI is InChI=1S/C25H20F3NO4/c26-25(27,28)16-7-5-6-15(12-16)13-22(23(30)31)29-24(32)33-14-21-19-10-3-1-8-17(19)18-9-2-4-11-20(18)21/h1-12,21-22H,13-14H2,(H,29,32)(H,30,31)/t22-/m0/s1. The van der Waals surface area contributed by atoms with Crippen LogP contribution in [-0.2, 0) is 22.1 Å². The van der Waals surface area contributed by atoms with Crippen LogP contribution in [0.2, 0.25) is 0 Å². The van der Waals surface area contributed by atoms with Crippen LogP contribution in [0.5, 0.6) is 0 Å². The minimum absolute atomic E-state index is 0.00421. The van der Waals surface area contributed by atoms with Crippen molar-refractivity contribution in [2.45, 2.75) is 24.6 Å². The smallest absolute Gasteiger partial charge is 0.416 e. The van der Waals surface area contributed by atoms with Gasteiger partial charge in [-0.15, -0.1) is 0 Å². The molecule has 1 atom stereocenters. The third kappa shape index (κ3) is 4.84. The van der Waals surface area contributed by atoms with Gasteiger partial charge in [0.15, 0.2) is 0 Å². The van der Waals surface area contributed by atoms with E-state index in [-0.39, 0.29) is 24.5 Å². The van der Waals surface area contributed by atoms with Gasteiger partial charge in [0, 0.05) is 12.3 Å². The molecule has 0 bridgehead atoms. The largest absolute Gasteiger partial charge is 0.480 e. The number of benzene rings is 3. The summed E-state index contributed by atoms with van der Waals surface area (Å²) in [6, 6.07) is 18.4. The molecule has 0 heterocycles. The maximum absolute atomic E-state index is 12.9. The van der Waals surface area contributed by atoms with Gasteiger partial charge in [0.1, 0.15) is 12.6 Å². The van der Waals surface area contributed by atoms with Gasteiger partial charge in [-0.25, -0.2) is 9.59 Å². The molecule has 8 heteroatoms. The van der Waals surface area contributed by atoms with E-state index in [9.17, 15) is 27.9 Å². The van der Waals surface area contributed by atoms with E-state index >= 15 is 0 Å². The summed E-state index contributed by atoms with van der Waals surface area (Å²) in [4.78, 5) is 24.0. The second-order valence-electron chi connectivity index (χ2n) is 7.76. The molecule has 0 unspecified atom stereocenters. The Morgan fingerprint density at radius 3 is 2.12 bits per heavy atom. The van der Waals surface area contributed by atoms with Crippen molar-refractivity contribution in [3.8, 4) is 11.1 Å². The lowest BCUT2D eigenvalue weighted by molar-refractivity contribution is -0.139. The van der Waals surface area contributed by atoms with Crippen LogP contribution in [0.1, 0.15) is 28.2 Å². The third-order valence-corrected chi connectivity index (χ3v) is 5.63. The summed E-state index contributed by atoms with van der Waals surface area (Å²) in [5.74, 6) is -1.57. The normalized spacial score (nSPS) is 13.7. The second-order valence-corrected chi connectivity index (χ2v) is 7.76. The first-order chi connectivity index (χ1) is 15.7. The number of alkyl halides is 3. The average molecular weight is 455 g/mol. The molecule has 3 aromatic rings. The number of carboxylic acid groups (broad SMARTS) is 1. The number of fused-ring (bicyclic) bond motifs is 3. The molecule has 0 aliphatic heterocycles. The Kier molecular flexibility index (Phi) is 6.09. The molecule has 5 nitrogen and oxygen atoms in total. The number of halogens is 3. The predicted molar refractivity (Wildman–Crippen MR) is 115 cm³/mol. The van der Waals surface area contributed by atoms with E-state index in [4.69, 9.17) is 4.74 Å². The summed E-state index contributed by atoms with van der Waals surface area (Å²) in [5, 5.41) is 11.7. The summed E-state index contributed by atoms with van der Waals surface area (Å²) in [6.45, 7) is -0.00421. The number of alkyl carbamates (subject to hydrolysis) is 1. The molecule has 0 saturated heterocycles. The second kappa shape index (κ2) is 8.97. The molecule has 1 aliphatic rings. The molecule has 0 fully saturated rings. The zero-order valence-electron chi connectivity index (χ0n) is 17.3. The fourth-order valence-electron chi connectivity index (χ4n) is 4.09. The summed E-state index contributed by atoms with van der Waals surface area (Å²) in [6.07, 6.45) is -5.81. The van der Waals surface area contributed by atoms with Gasteiger partial charge in [0.25, 0.3) is 0 Å². The van der Waals surface area contributed by atoms with Crippen molar-refractivity contribution >= 4 is 12.1 Å². The zero-order chi connectivity index (χ0) is 23.6. The highest BCUT2D eigenvalue weighted by molar-refractivity contribution is 5.81. The van der Waals surface area contributed by atoms with Gasteiger partial charge in [-0.05, 0) is 33.9 Å². The van der Waals surface area contributed by atoms with E-state index in [2.05, 4.69) is 5.32 Å². The third-order valence-electron chi connectivity index (χ3n) is 5.63. The van der Waals surface area contributed by atoms with Crippen LogP contribution in [0.4, 0.5) is 18.0 Å². The number of rotatable bonds is 6. The minimum atomic E-state index is -4.55. The number of hydrogen-bond donors (Lipinski definition) is 2. The molecular formula is C25H20F3NO4. The van der Waals surface area contributed by atoms with Crippen LogP contribution in [-0.4, -0.2) is 29.8 Å². The van der Waals surface area contributed by atoms with Gasteiger partial charge >= 0.3 is 18.2 Å². The molecule has 3 aromatic carbocycles. The number of carboxylic acids is 1. The first-order valence-electron chi connectivity index (χ1n) is 10.2. The molecule has 1 amide bonds. The molecule has 0 radical (unpaired) electrons. The van der Waals surface area contributed by atoms with Gasteiger partial charge in [0.05, 0.1) is 5.56 Å². The maximum atomic E-state index is 12.9. The Bertz CT molecular complexity index is 1150. The van der Waals surface area contributed by atoms with Gasteiger partial charge in [-0.2, -0.15) is 13.2 Å². The highest BCUT2D eigenvalue weighted by atomic mass is 19.4. The molecule has 4 rings (SSSR count). The van der Waals surface area contributed by atoms with E-state index in [0.29, 0.717) is 0 Å². The Morgan fingerprint density at radius 2 is 1.55 bits per heavy atom. The van der Waals surface area contributed by atoms with Crippen LogP contribution in [0.15, 0.2) is 72.8 Å². The maximum Gasteiger partial charge on any atom is 0.416 e. The summed E-state index contributed by atoms with van der Waals surface area (Å²) >= 11 is 0. The van der Waals surface area contributed by atoms with Gasteiger partial charge in [-0.1, -0.05) is 66.7 Å². The van der Waals surface area contributed by atoms with Gasteiger partial charge in [0.2, 0.25) is 0 Å². The van der Waals surface area contributed by atoms with Crippen LogP contribution in [0, 0.1) is 0 Å². The predicted octanol–water partition coefficient (Wildman–Crippen LogP) is 5.24. The lowest BCUT2D eigenvalue weighted by Gasteiger charge is -2.18. The van der Waals surface area contributed by atoms with Crippen molar-refractivity contribution in [2.75, 3.05) is 6.61 Å². The fraction of sp³-hybridized carbons (Fsp3) is 0.200. The molecule has 2 N–H and O–H groups in total. The lowest BCUT2D eigenvalue weighted by atomic mass is 9.98. The monoisotopic (exact) mass is 455 g/mol. The van der Waals surface area contributed by atoms with Crippen molar-refractivity contribution in [3.63, 3.8) is 0 Å². The lowest BCUT2D eigenvalue weighted by Crippen LogP contribution is -2.43. The van der Waals surface area contributed by atoms with Crippen molar-refractivity contribution in [2.24, 2.45) is 0 Å². The highest BCUT2D eigenvalue weighted by Gasteiger charge is 2.32. The van der Waals surface area contributed by atoms with Crippen molar-refractivity contribution in [3.05, 3.63) is 95.1 Å². The average Bonchev–Trinajstić information content (AvgIpc) is 3.10. The number of carbonyl (C=O) groups is 2. The van der Waals surface area contributed by atoms with Crippen molar-refractivity contribution in [1.82, 2.24) is 5.32 Å². The summed E-state index contributed by atoms with van der Waals surface area (Å²) in [7, 11) is 0. The molecule has 0 saturated carbocycles. The number of ether oxygens (including phenoxy) is 1. The summed E-state index contributed by atoms with van der Waals surface area (Å²) in [5.41, 5.74) is 3.36. The van der Waals surface area contributed by atoms with E-state index in [0.717, 1.165) is 34.4 Å². The Labute approximate surface area is 187 Å². The van der Waals surface area contributed by atoms with Gasteiger partial charge < -0.3 is 15.2 Å².